The third-order valence-electron chi connectivity index (χ3n) is 16.6. The molecule has 8 aliphatic rings. The summed E-state index contributed by atoms with van der Waals surface area (Å²) < 4.78 is 0. The number of aliphatic hydroxyl groups is 3. The molecule has 12 atom stereocenters. The molecule has 10 heteroatoms. The summed E-state index contributed by atoms with van der Waals surface area (Å²) in [7, 11) is 0. The number of carboxylic acids is 1. The minimum Gasteiger partial charge on any atom is -0.550 e. The van der Waals surface area contributed by atoms with Crippen molar-refractivity contribution in [2.45, 2.75) is 122 Å². The summed E-state index contributed by atoms with van der Waals surface area (Å²) in [5, 5.41) is 42.8. The Morgan fingerprint density at radius 3 is 2.25 bits per heavy atom. The Morgan fingerprint density at radius 2 is 1.55 bits per heavy atom. The standard InChI is InChI=1S/C22H30O4.C21H26O5.K/c1-20-9-5-15(23)13-14(20)3-4-16-17(20)6-10-21(2)18(16)7-11-22(21,26)12-8-19(24)25;1-19-7-5-13(23)9-12(19)3-4-14-15-6-8-21(26,17(25)11-22)20(15,2)10-16(24)18(14)19;/h3-4,13,16-18,26H,5-12H2,1-2H3,(H,24,25);5,7,9,14-15,18,22,26H,3-4,6,8,10-11H2,1-2H3;/q;;+1/p-1/t16-,17+,18+,20+,21+,22-;14-,15-,18+,19-,20-,21-;/m10./s1. The van der Waals surface area contributed by atoms with Crippen molar-refractivity contribution in [3.8, 4) is 0 Å². The van der Waals surface area contributed by atoms with Gasteiger partial charge in [-0.25, -0.2) is 0 Å². The first-order valence-electron chi connectivity index (χ1n) is 19.6. The van der Waals surface area contributed by atoms with Crippen LogP contribution < -0.4 is 56.5 Å². The Hall–Kier alpha value is -1.37. The molecular weight excluding hydrogens is 700 g/mol. The SMILES string of the molecule is C[C@]12C=CC(=O)C=C1CC[C@@H]1[C@@H]2C(=O)C[C@@]2(C)[C@H]1CC[C@]2(O)C(=O)CO.C[C@]12CCC(=O)C=C1C=C[C@@H]1[C@@H]2CC[C@@]2(C)[C@H]1CC[C@@]2(O)CCC(=O)[O-].[K+]. The number of aliphatic carboxylic acids is 1. The number of allylic oxidation sites excluding steroid dienone is 8. The van der Waals surface area contributed by atoms with Gasteiger partial charge in [0.05, 0.1) is 5.60 Å². The van der Waals surface area contributed by atoms with Gasteiger partial charge < -0.3 is 25.2 Å². The molecule has 5 saturated carbocycles. The van der Waals surface area contributed by atoms with E-state index in [0.717, 1.165) is 44.1 Å². The normalized spacial score (nSPS) is 46.1. The van der Waals surface area contributed by atoms with Crippen molar-refractivity contribution in [2.24, 2.45) is 57.2 Å². The fourth-order valence-corrected chi connectivity index (χ4v) is 13.5. The molecule has 0 aromatic rings. The van der Waals surface area contributed by atoms with Gasteiger partial charge in [-0.1, -0.05) is 51.5 Å². The van der Waals surface area contributed by atoms with Gasteiger partial charge in [0.1, 0.15) is 18.0 Å². The molecule has 8 aliphatic carbocycles. The molecule has 5 fully saturated rings. The number of hydrogen-bond acceptors (Lipinski definition) is 9. The van der Waals surface area contributed by atoms with Crippen LogP contribution >= 0.6 is 0 Å². The zero-order valence-electron chi connectivity index (χ0n) is 32.1. The van der Waals surface area contributed by atoms with Gasteiger partial charge in [-0.05, 0) is 135 Å². The molecule has 282 valence electrons. The Balaban J connectivity index is 0.000000178. The molecule has 0 aromatic carbocycles. The summed E-state index contributed by atoms with van der Waals surface area (Å²) >= 11 is 0. The smallest absolute Gasteiger partial charge is 0.550 e. The first kappa shape index (κ1) is 41.3. The minimum atomic E-state index is -1.62. The van der Waals surface area contributed by atoms with Gasteiger partial charge in [0, 0.05) is 35.6 Å². The molecule has 0 heterocycles. The summed E-state index contributed by atoms with van der Waals surface area (Å²) in [6.45, 7) is 7.67. The maximum atomic E-state index is 13.3. The fraction of sp³-hybridized carbons (Fsp3) is 0.698. The van der Waals surface area contributed by atoms with Crippen LogP contribution in [0, 0.1) is 57.2 Å². The summed E-state index contributed by atoms with van der Waals surface area (Å²) in [6, 6.07) is 0. The van der Waals surface area contributed by atoms with Gasteiger partial charge in [-0.2, -0.15) is 0 Å². The number of carbonyl (C=O) groups excluding carboxylic acids is 5. The maximum absolute atomic E-state index is 13.3. The molecule has 0 radical (unpaired) electrons. The average Bonchev–Trinajstić information content (AvgIpc) is 3.53. The van der Waals surface area contributed by atoms with Gasteiger partial charge in [-0.15, -0.1) is 0 Å². The molecule has 3 N–H and O–H groups in total. The number of fused-ring (bicyclic) bond motifs is 10. The van der Waals surface area contributed by atoms with E-state index in [2.05, 4.69) is 26.0 Å². The van der Waals surface area contributed by atoms with E-state index >= 15 is 0 Å². The zero-order chi connectivity index (χ0) is 37.6. The molecule has 0 bridgehead atoms. The van der Waals surface area contributed by atoms with E-state index in [1.54, 1.807) is 12.2 Å². The number of carbonyl (C=O) groups is 5. The monoisotopic (exact) mass is 754 g/mol. The van der Waals surface area contributed by atoms with E-state index in [9.17, 15) is 44.4 Å². The Labute approximate surface area is 355 Å². The van der Waals surface area contributed by atoms with Crippen LogP contribution in [0.15, 0.2) is 47.6 Å². The molecule has 0 unspecified atom stereocenters. The fourth-order valence-electron chi connectivity index (χ4n) is 13.5. The van der Waals surface area contributed by atoms with Gasteiger partial charge in [-0.3, -0.25) is 19.2 Å². The van der Waals surface area contributed by atoms with Gasteiger partial charge in [0.2, 0.25) is 0 Å². The molecule has 0 spiro atoms. The first-order chi connectivity index (χ1) is 24.4. The molecule has 0 aromatic heterocycles. The van der Waals surface area contributed by atoms with E-state index in [1.807, 2.05) is 26.0 Å². The summed E-state index contributed by atoms with van der Waals surface area (Å²) in [6.07, 6.45) is 19.4. The van der Waals surface area contributed by atoms with Gasteiger partial charge in [0.15, 0.2) is 17.3 Å². The van der Waals surface area contributed by atoms with Crippen molar-refractivity contribution in [3.63, 3.8) is 0 Å². The van der Waals surface area contributed by atoms with Crippen LogP contribution in [0.1, 0.15) is 111 Å². The second kappa shape index (κ2) is 14.2. The van der Waals surface area contributed by atoms with E-state index in [0.29, 0.717) is 49.9 Å². The van der Waals surface area contributed by atoms with Crippen molar-refractivity contribution in [3.05, 3.63) is 47.6 Å². The molecule has 53 heavy (non-hydrogen) atoms. The Kier molecular flexibility index (Phi) is 11.1. The quantitative estimate of drug-likeness (QED) is 0.351. The van der Waals surface area contributed by atoms with E-state index < -0.39 is 40.4 Å². The van der Waals surface area contributed by atoms with Crippen molar-refractivity contribution >= 4 is 29.1 Å². The predicted molar refractivity (Wildman–Crippen MR) is 190 cm³/mol. The molecular formula is C43H55KO9. The molecule has 0 aliphatic heterocycles. The number of hydrogen-bond donors (Lipinski definition) is 3. The topological polar surface area (TPSA) is 169 Å². The van der Waals surface area contributed by atoms with Crippen molar-refractivity contribution < 1.29 is 95.8 Å². The van der Waals surface area contributed by atoms with Crippen LogP contribution in [0.3, 0.4) is 0 Å². The van der Waals surface area contributed by atoms with Crippen LogP contribution in [0.25, 0.3) is 0 Å². The van der Waals surface area contributed by atoms with Crippen molar-refractivity contribution in [1.82, 2.24) is 0 Å². The minimum absolute atomic E-state index is 0. The average molecular weight is 755 g/mol. The van der Waals surface area contributed by atoms with Crippen LogP contribution in [-0.4, -0.2) is 62.2 Å². The maximum Gasteiger partial charge on any atom is 1.00 e. The van der Waals surface area contributed by atoms with Crippen molar-refractivity contribution in [2.75, 3.05) is 6.61 Å². The first-order valence-corrected chi connectivity index (χ1v) is 19.6. The largest absolute Gasteiger partial charge is 1.00 e. The van der Waals surface area contributed by atoms with Gasteiger partial charge in [0.25, 0.3) is 0 Å². The summed E-state index contributed by atoms with van der Waals surface area (Å²) in [5.41, 5.74) is -1.77. The second-order valence-electron chi connectivity index (χ2n) is 18.5. The number of rotatable bonds is 5. The van der Waals surface area contributed by atoms with Crippen LogP contribution in [0.2, 0.25) is 0 Å². The van der Waals surface area contributed by atoms with E-state index in [1.165, 1.54) is 5.57 Å². The predicted octanol–water partition coefficient (Wildman–Crippen LogP) is 1.33. The Bertz CT molecular complexity index is 1730. The van der Waals surface area contributed by atoms with Crippen LogP contribution in [0.5, 0.6) is 0 Å². The zero-order valence-corrected chi connectivity index (χ0v) is 35.2. The second-order valence-corrected chi connectivity index (χ2v) is 18.5. The molecule has 0 amide bonds. The molecule has 8 rings (SSSR count). The molecule has 9 nitrogen and oxygen atoms in total. The van der Waals surface area contributed by atoms with Gasteiger partial charge >= 0.3 is 51.4 Å². The Morgan fingerprint density at radius 1 is 0.849 bits per heavy atom. The summed E-state index contributed by atoms with van der Waals surface area (Å²) in [4.78, 5) is 60.2. The number of ketones is 4. The third kappa shape index (κ3) is 6.14. The van der Waals surface area contributed by atoms with Crippen LogP contribution in [0.4, 0.5) is 0 Å². The third-order valence-corrected chi connectivity index (χ3v) is 16.6. The summed E-state index contributed by atoms with van der Waals surface area (Å²) in [5.74, 6) is -0.146. The number of aliphatic hydroxyl groups excluding tert-OH is 1. The van der Waals surface area contributed by atoms with Crippen molar-refractivity contribution in [1.29, 1.82) is 0 Å². The van der Waals surface area contributed by atoms with E-state index in [4.69, 9.17) is 0 Å². The van der Waals surface area contributed by atoms with E-state index in [-0.39, 0.29) is 110 Å². The molecule has 0 saturated heterocycles. The number of Topliss-reactive ketones (excluding diaryl/α,β-unsaturated/α-hetero) is 2. The van der Waals surface area contributed by atoms with Crippen LogP contribution in [-0.2, 0) is 24.0 Å². The number of carboxylic acid groups (broad SMARTS) is 1.